The summed E-state index contributed by atoms with van der Waals surface area (Å²) in [4.78, 5) is 26.1. The van der Waals surface area contributed by atoms with Crippen LogP contribution in [0.1, 0.15) is 49.1 Å². The molecule has 5 rings (SSSR count). The van der Waals surface area contributed by atoms with Gasteiger partial charge in [-0.05, 0) is 53.3 Å². The van der Waals surface area contributed by atoms with Gasteiger partial charge in [-0.25, -0.2) is 0 Å². The summed E-state index contributed by atoms with van der Waals surface area (Å²) in [7, 11) is 1.61. The molecule has 3 aromatic rings. The van der Waals surface area contributed by atoms with E-state index in [1.807, 2.05) is 43.3 Å². The molecule has 33 heavy (non-hydrogen) atoms. The summed E-state index contributed by atoms with van der Waals surface area (Å²) in [5, 5.41) is 5.27. The Morgan fingerprint density at radius 1 is 0.879 bits per heavy atom. The van der Waals surface area contributed by atoms with E-state index >= 15 is 0 Å². The molecule has 0 spiro atoms. The van der Waals surface area contributed by atoms with Crippen molar-refractivity contribution in [1.29, 1.82) is 0 Å². The Morgan fingerprint density at radius 2 is 1.67 bits per heavy atom. The summed E-state index contributed by atoms with van der Waals surface area (Å²) in [6.45, 7) is 2.48. The van der Waals surface area contributed by atoms with E-state index in [0.29, 0.717) is 37.4 Å². The van der Waals surface area contributed by atoms with Gasteiger partial charge in [-0.3, -0.25) is 9.59 Å². The minimum Gasteiger partial charge on any atom is -0.493 e. The van der Waals surface area contributed by atoms with Gasteiger partial charge in [0.2, 0.25) is 5.91 Å². The van der Waals surface area contributed by atoms with Gasteiger partial charge in [-0.2, -0.15) is 0 Å². The number of rotatable bonds is 5. The highest BCUT2D eigenvalue weighted by atomic mass is 16.5. The Morgan fingerprint density at radius 3 is 2.45 bits per heavy atom. The number of ketones is 1. The van der Waals surface area contributed by atoms with Crippen LogP contribution in [0.2, 0.25) is 0 Å². The lowest BCUT2D eigenvalue weighted by atomic mass is 9.73. The summed E-state index contributed by atoms with van der Waals surface area (Å²) in [6, 6.07) is 20.2. The fourth-order valence-electron chi connectivity index (χ4n) is 5.12. The number of methoxy groups -OCH3 is 1. The molecule has 0 bridgehead atoms. The predicted octanol–water partition coefficient (Wildman–Crippen LogP) is 5.25. The molecule has 0 fully saturated rings. The molecule has 5 heteroatoms. The van der Waals surface area contributed by atoms with Crippen LogP contribution >= 0.6 is 0 Å². The van der Waals surface area contributed by atoms with Crippen LogP contribution in [0.5, 0.6) is 11.5 Å². The molecule has 168 valence electrons. The smallest absolute Gasteiger partial charge is 0.225 e. The van der Waals surface area contributed by atoms with Crippen molar-refractivity contribution in [1.82, 2.24) is 5.32 Å². The monoisotopic (exact) mass is 441 g/mol. The van der Waals surface area contributed by atoms with E-state index < -0.39 is 0 Å². The number of benzene rings is 3. The van der Waals surface area contributed by atoms with E-state index in [4.69, 9.17) is 9.47 Å². The number of Topliss-reactive ketones (excluding diaryl/α,β-unsaturated/α-hetero) is 1. The Balaban J connectivity index is 1.49. The zero-order chi connectivity index (χ0) is 22.9. The maximum atomic E-state index is 13.4. The van der Waals surface area contributed by atoms with Crippen molar-refractivity contribution in [2.75, 3.05) is 13.7 Å². The van der Waals surface area contributed by atoms with E-state index in [9.17, 15) is 9.59 Å². The van der Waals surface area contributed by atoms with E-state index in [1.165, 1.54) is 0 Å². The van der Waals surface area contributed by atoms with Crippen molar-refractivity contribution in [3.63, 3.8) is 0 Å². The third-order valence-corrected chi connectivity index (χ3v) is 6.67. The Labute approximate surface area is 193 Å². The van der Waals surface area contributed by atoms with Gasteiger partial charge in [0, 0.05) is 30.0 Å². The van der Waals surface area contributed by atoms with E-state index in [0.717, 1.165) is 33.2 Å². The number of ether oxygens (including phenoxy) is 2. The third kappa shape index (κ3) is 3.99. The fourth-order valence-corrected chi connectivity index (χ4v) is 5.12. The van der Waals surface area contributed by atoms with Gasteiger partial charge in [0.1, 0.15) is 0 Å². The second kappa shape index (κ2) is 8.74. The number of carbonyl (C=O) groups excluding carboxylic acids is 2. The van der Waals surface area contributed by atoms with Crippen molar-refractivity contribution >= 4 is 22.5 Å². The molecule has 3 aromatic carbocycles. The molecule has 0 saturated heterocycles. The highest BCUT2D eigenvalue weighted by Crippen LogP contribution is 2.44. The maximum absolute atomic E-state index is 13.4. The quantitative estimate of drug-likeness (QED) is 0.587. The molecule has 1 amide bonds. The average molecular weight is 442 g/mol. The van der Waals surface area contributed by atoms with Crippen LogP contribution in [0, 0.1) is 0 Å². The van der Waals surface area contributed by atoms with Gasteiger partial charge in [0.25, 0.3) is 0 Å². The topological polar surface area (TPSA) is 64.6 Å². The number of nitrogens with one attached hydrogen (secondary N) is 1. The summed E-state index contributed by atoms with van der Waals surface area (Å²) < 4.78 is 11.1. The lowest BCUT2D eigenvalue weighted by Gasteiger charge is -2.34. The summed E-state index contributed by atoms with van der Waals surface area (Å²) in [6.07, 6.45) is 1.33. The van der Waals surface area contributed by atoms with Crippen molar-refractivity contribution in [3.05, 3.63) is 83.1 Å². The van der Waals surface area contributed by atoms with Crippen LogP contribution in [0.15, 0.2) is 71.9 Å². The largest absolute Gasteiger partial charge is 0.493 e. The van der Waals surface area contributed by atoms with Gasteiger partial charge >= 0.3 is 0 Å². The number of hydrogen-bond acceptors (Lipinski definition) is 4. The van der Waals surface area contributed by atoms with E-state index in [2.05, 4.69) is 29.6 Å². The first-order valence-corrected chi connectivity index (χ1v) is 11.4. The molecule has 1 aliphatic heterocycles. The molecular formula is C28H27NO4. The predicted molar refractivity (Wildman–Crippen MR) is 128 cm³/mol. The average Bonchev–Trinajstić information content (AvgIpc) is 2.83. The van der Waals surface area contributed by atoms with Gasteiger partial charge in [0.05, 0.1) is 13.7 Å². The van der Waals surface area contributed by atoms with Gasteiger partial charge in [-0.1, -0.05) is 48.5 Å². The molecule has 2 atom stereocenters. The molecule has 0 radical (unpaired) electrons. The summed E-state index contributed by atoms with van der Waals surface area (Å²) in [5.41, 5.74) is 3.56. The van der Waals surface area contributed by atoms with Crippen LogP contribution in [-0.4, -0.2) is 25.4 Å². The second-order valence-electron chi connectivity index (χ2n) is 8.68. The highest BCUT2D eigenvalue weighted by Gasteiger charge is 2.38. The van der Waals surface area contributed by atoms with Crippen molar-refractivity contribution in [2.45, 2.75) is 38.0 Å². The molecule has 0 aromatic heterocycles. The van der Waals surface area contributed by atoms with Crippen LogP contribution in [0.25, 0.3) is 10.8 Å². The number of allylic oxidation sites excluding steroid dienone is 2. The zero-order valence-corrected chi connectivity index (χ0v) is 18.9. The second-order valence-corrected chi connectivity index (χ2v) is 8.68. The number of fused-ring (bicyclic) bond motifs is 1. The van der Waals surface area contributed by atoms with Crippen molar-refractivity contribution < 1.29 is 19.1 Å². The van der Waals surface area contributed by atoms with Gasteiger partial charge in [0.15, 0.2) is 17.3 Å². The SMILES string of the molecule is CCOc1ccc(C2CC(=O)C3=C(C2)NC(=O)CC3c2ccc3ccccc3c2)cc1OC. The van der Waals surface area contributed by atoms with Gasteiger partial charge in [-0.15, -0.1) is 0 Å². The first-order valence-electron chi connectivity index (χ1n) is 11.4. The molecule has 1 N–H and O–H groups in total. The Kier molecular flexibility index (Phi) is 5.63. The first-order chi connectivity index (χ1) is 16.1. The van der Waals surface area contributed by atoms with E-state index in [1.54, 1.807) is 7.11 Å². The summed E-state index contributed by atoms with van der Waals surface area (Å²) >= 11 is 0. The Hall–Kier alpha value is -3.60. The Bertz CT molecular complexity index is 1280. The van der Waals surface area contributed by atoms with Crippen molar-refractivity contribution in [3.8, 4) is 11.5 Å². The van der Waals surface area contributed by atoms with Crippen LogP contribution < -0.4 is 14.8 Å². The molecule has 5 nitrogen and oxygen atoms in total. The van der Waals surface area contributed by atoms with Gasteiger partial charge < -0.3 is 14.8 Å². The minimum atomic E-state index is -0.207. The molecule has 2 aliphatic rings. The maximum Gasteiger partial charge on any atom is 0.225 e. The fraction of sp³-hybridized carbons (Fsp3) is 0.286. The first kappa shape index (κ1) is 21.3. The number of carbonyl (C=O) groups is 2. The molecule has 0 saturated carbocycles. The highest BCUT2D eigenvalue weighted by molar-refractivity contribution is 6.02. The summed E-state index contributed by atoms with van der Waals surface area (Å²) in [5.74, 6) is 1.19. The van der Waals surface area contributed by atoms with Crippen LogP contribution in [-0.2, 0) is 9.59 Å². The lowest BCUT2D eigenvalue weighted by molar-refractivity contribution is -0.122. The standard InChI is InChI=1S/C28H27NO4/c1-3-33-25-11-10-19(15-26(25)32-2)21-13-23-28(24(30)14-21)22(16-27(31)29-23)20-9-8-17-6-4-5-7-18(17)12-20/h4-12,15,21-22H,3,13-14,16H2,1-2H3,(H,29,31). The zero-order valence-electron chi connectivity index (χ0n) is 18.9. The molecule has 2 unspecified atom stereocenters. The molecular weight excluding hydrogens is 414 g/mol. The number of amides is 1. The normalized spacial score (nSPS) is 20.4. The lowest BCUT2D eigenvalue weighted by Crippen LogP contribution is -2.38. The number of hydrogen-bond donors (Lipinski definition) is 1. The third-order valence-electron chi connectivity index (χ3n) is 6.67. The van der Waals surface area contributed by atoms with Crippen LogP contribution in [0.3, 0.4) is 0 Å². The minimum absolute atomic E-state index is 0.0171. The van der Waals surface area contributed by atoms with E-state index in [-0.39, 0.29) is 23.5 Å². The van der Waals surface area contributed by atoms with Crippen LogP contribution in [0.4, 0.5) is 0 Å². The molecule has 1 heterocycles. The molecule has 1 aliphatic carbocycles. The van der Waals surface area contributed by atoms with Crippen molar-refractivity contribution in [2.24, 2.45) is 0 Å².